The van der Waals surface area contributed by atoms with Gasteiger partial charge in [0.05, 0.1) is 4.92 Å². The summed E-state index contributed by atoms with van der Waals surface area (Å²) in [4.78, 5) is 13.9. The standard InChI is InChI=1S/C9H14N4O2/c1-2-7(5-10)12-8-3-4-11-6-9(8)13(14)15/h3-4,6-7H,2,5,10H2,1H3,(H,11,12). The second-order valence-electron chi connectivity index (χ2n) is 3.14. The quantitative estimate of drug-likeness (QED) is 0.561. The molecule has 82 valence electrons. The maximum absolute atomic E-state index is 10.7. The van der Waals surface area contributed by atoms with E-state index in [0.717, 1.165) is 6.42 Å². The molecule has 1 heterocycles. The van der Waals surface area contributed by atoms with Gasteiger partial charge >= 0.3 is 5.69 Å². The summed E-state index contributed by atoms with van der Waals surface area (Å²) in [6, 6.07) is 1.63. The molecule has 0 bridgehead atoms. The highest BCUT2D eigenvalue weighted by atomic mass is 16.6. The van der Waals surface area contributed by atoms with E-state index in [-0.39, 0.29) is 11.7 Å². The van der Waals surface area contributed by atoms with E-state index in [1.165, 1.54) is 12.4 Å². The van der Waals surface area contributed by atoms with Crippen molar-refractivity contribution in [2.24, 2.45) is 5.73 Å². The van der Waals surface area contributed by atoms with Crippen LogP contribution in [0.25, 0.3) is 0 Å². The second-order valence-corrected chi connectivity index (χ2v) is 3.14. The van der Waals surface area contributed by atoms with Crippen molar-refractivity contribution in [1.82, 2.24) is 4.98 Å². The van der Waals surface area contributed by atoms with Crippen molar-refractivity contribution < 1.29 is 4.92 Å². The Kier molecular flexibility index (Phi) is 3.99. The minimum atomic E-state index is -0.460. The molecule has 0 aliphatic carbocycles. The third-order valence-electron chi connectivity index (χ3n) is 2.13. The fraction of sp³-hybridized carbons (Fsp3) is 0.444. The Bertz CT molecular complexity index is 339. The minimum Gasteiger partial charge on any atom is -0.375 e. The Hall–Kier alpha value is -1.69. The van der Waals surface area contributed by atoms with Crippen LogP contribution < -0.4 is 11.1 Å². The van der Waals surface area contributed by atoms with E-state index in [1.54, 1.807) is 6.07 Å². The van der Waals surface area contributed by atoms with Gasteiger partial charge in [-0.2, -0.15) is 0 Å². The van der Waals surface area contributed by atoms with Gasteiger partial charge in [0.15, 0.2) is 0 Å². The average molecular weight is 210 g/mol. The molecule has 0 spiro atoms. The lowest BCUT2D eigenvalue weighted by Gasteiger charge is -2.15. The Labute approximate surface area is 87.7 Å². The summed E-state index contributed by atoms with van der Waals surface area (Å²) in [5.41, 5.74) is 5.95. The fourth-order valence-electron chi connectivity index (χ4n) is 1.20. The van der Waals surface area contributed by atoms with Gasteiger partial charge in [0.25, 0.3) is 0 Å². The van der Waals surface area contributed by atoms with Crippen molar-refractivity contribution >= 4 is 11.4 Å². The second kappa shape index (κ2) is 5.26. The number of aromatic nitrogens is 1. The van der Waals surface area contributed by atoms with Crippen LogP contribution in [0.4, 0.5) is 11.4 Å². The van der Waals surface area contributed by atoms with Crippen molar-refractivity contribution in [3.8, 4) is 0 Å². The predicted octanol–water partition coefficient (Wildman–Crippen LogP) is 1.14. The number of nitro groups is 1. The molecule has 0 aromatic carbocycles. The Balaban J connectivity index is 2.88. The zero-order valence-corrected chi connectivity index (χ0v) is 8.51. The molecule has 0 saturated heterocycles. The fourth-order valence-corrected chi connectivity index (χ4v) is 1.20. The topological polar surface area (TPSA) is 94.1 Å². The first-order chi connectivity index (χ1) is 7.19. The lowest BCUT2D eigenvalue weighted by molar-refractivity contribution is -0.384. The molecule has 1 atom stereocenters. The predicted molar refractivity (Wildman–Crippen MR) is 57.6 cm³/mol. The molecule has 6 nitrogen and oxygen atoms in total. The third kappa shape index (κ3) is 2.88. The molecule has 3 N–H and O–H groups in total. The maximum Gasteiger partial charge on any atom is 0.310 e. The van der Waals surface area contributed by atoms with Crippen molar-refractivity contribution in [3.05, 3.63) is 28.6 Å². The van der Waals surface area contributed by atoms with Gasteiger partial charge in [-0.05, 0) is 12.5 Å². The molecule has 0 aliphatic rings. The van der Waals surface area contributed by atoms with E-state index < -0.39 is 4.92 Å². The summed E-state index contributed by atoms with van der Waals surface area (Å²) in [7, 11) is 0. The number of nitrogens with two attached hydrogens (primary N) is 1. The van der Waals surface area contributed by atoms with E-state index in [2.05, 4.69) is 10.3 Å². The summed E-state index contributed by atoms with van der Waals surface area (Å²) < 4.78 is 0. The summed E-state index contributed by atoms with van der Waals surface area (Å²) in [6.07, 6.45) is 3.56. The minimum absolute atomic E-state index is 0.0237. The van der Waals surface area contributed by atoms with Gasteiger partial charge in [0.1, 0.15) is 11.9 Å². The van der Waals surface area contributed by atoms with Crippen LogP contribution in [0.15, 0.2) is 18.5 Å². The molecule has 6 heteroatoms. The Morgan fingerprint density at radius 1 is 1.73 bits per heavy atom. The lowest BCUT2D eigenvalue weighted by Crippen LogP contribution is -2.28. The number of pyridine rings is 1. The van der Waals surface area contributed by atoms with Crippen molar-refractivity contribution in [2.75, 3.05) is 11.9 Å². The van der Waals surface area contributed by atoms with E-state index >= 15 is 0 Å². The van der Waals surface area contributed by atoms with Crippen LogP contribution in [0.3, 0.4) is 0 Å². The summed E-state index contributed by atoms with van der Waals surface area (Å²) in [5.74, 6) is 0. The largest absolute Gasteiger partial charge is 0.375 e. The molecule has 1 aromatic heterocycles. The number of hydrogen-bond donors (Lipinski definition) is 2. The molecule has 0 radical (unpaired) electrons. The van der Waals surface area contributed by atoms with Crippen LogP contribution in [0.2, 0.25) is 0 Å². The molecule has 1 rings (SSSR count). The van der Waals surface area contributed by atoms with Gasteiger partial charge < -0.3 is 11.1 Å². The number of hydrogen-bond acceptors (Lipinski definition) is 5. The highest BCUT2D eigenvalue weighted by Crippen LogP contribution is 2.22. The van der Waals surface area contributed by atoms with Crippen LogP contribution in [-0.2, 0) is 0 Å². The summed E-state index contributed by atoms with van der Waals surface area (Å²) in [6.45, 7) is 2.41. The number of rotatable bonds is 5. The van der Waals surface area contributed by atoms with Crippen molar-refractivity contribution in [2.45, 2.75) is 19.4 Å². The first kappa shape index (κ1) is 11.4. The first-order valence-corrected chi connectivity index (χ1v) is 4.74. The Morgan fingerprint density at radius 2 is 2.47 bits per heavy atom. The number of nitrogens with zero attached hydrogens (tertiary/aromatic N) is 2. The molecule has 1 unspecified atom stereocenters. The van der Waals surface area contributed by atoms with E-state index in [1.807, 2.05) is 6.92 Å². The Morgan fingerprint density at radius 3 is 3.00 bits per heavy atom. The van der Waals surface area contributed by atoms with Gasteiger partial charge in [0, 0.05) is 18.8 Å². The third-order valence-corrected chi connectivity index (χ3v) is 2.13. The lowest BCUT2D eigenvalue weighted by atomic mass is 10.2. The highest BCUT2D eigenvalue weighted by molar-refractivity contribution is 5.60. The molecular weight excluding hydrogens is 196 g/mol. The van der Waals surface area contributed by atoms with Gasteiger partial charge in [-0.25, -0.2) is 0 Å². The van der Waals surface area contributed by atoms with Crippen molar-refractivity contribution in [3.63, 3.8) is 0 Å². The summed E-state index contributed by atoms with van der Waals surface area (Å²) >= 11 is 0. The van der Waals surface area contributed by atoms with Crippen LogP contribution in [0.5, 0.6) is 0 Å². The van der Waals surface area contributed by atoms with Gasteiger partial charge in [-0.15, -0.1) is 0 Å². The van der Waals surface area contributed by atoms with Crippen LogP contribution in [0.1, 0.15) is 13.3 Å². The maximum atomic E-state index is 10.7. The monoisotopic (exact) mass is 210 g/mol. The van der Waals surface area contributed by atoms with Gasteiger partial charge in [-0.3, -0.25) is 15.1 Å². The molecule has 15 heavy (non-hydrogen) atoms. The van der Waals surface area contributed by atoms with Gasteiger partial charge in [0.2, 0.25) is 0 Å². The van der Waals surface area contributed by atoms with Crippen LogP contribution in [-0.4, -0.2) is 22.5 Å². The van der Waals surface area contributed by atoms with E-state index in [9.17, 15) is 10.1 Å². The molecule has 0 amide bonds. The SMILES string of the molecule is CCC(CN)Nc1ccncc1[N+](=O)[O-]. The van der Waals surface area contributed by atoms with Crippen molar-refractivity contribution in [1.29, 1.82) is 0 Å². The van der Waals surface area contributed by atoms with Gasteiger partial charge in [-0.1, -0.05) is 6.92 Å². The molecule has 0 fully saturated rings. The summed E-state index contributed by atoms with van der Waals surface area (Å²) in [5, 5.41) is 13.7. The van der Waals surface area contributed by atoms with Crippen LogP contribution >= 0.6 is 0 Å². The molecule has 0 saturated carbocycles. The van der Waals surface area contributed by atoms with Crippen LogP contribution in [0, 0.1) is 10.1 Å². The molecule has 1 aromatic rings. The molecular formula is C9H14N4O2. The highest BCUT2D eigenvalue weighted by Gasteiger charge is 2.15. The molecule has 0 aliphatic heterocycles. The first-order valence-electron chi connectivity index (χ1n) is 4.74. The van der Waals surface area contributed by atoms with E-state index in [0.29, 0.717) is 12.2 Å². The smallest absolute Gasteiger partial charge is 0.310 e. The van der Waals surface area contributed by atoms with E-state index in [4.69, 9.17) is 5.73 Å². The number of nitrogens with one attached hydrogen (secondary N) is 1. The number of anilines is 1. The average Bonchev–Trinajstić information content (AvgIpc) is 2.26. The zero-order chi connectivity index (χ0) is 11.3. The zero-order valence-electron chi connectivity index (χ0n) is 8.51. The normalized spacial score (nSPS) is 12.1.